The van der Waals surface area contributed by atoms with E-state index in [0.717, 1.165) is 44.5 Å². The van der Waals surface area contributed by atoms with Crippen molar-refractivity contribution in [3.05, 3.63) is 41.1 Å². The van der Waals surface area contributed by atoms with Crippen LogP contribution in [0.5, 0.6) is 6.01 Å². The Balaban J connectivity index is 1.30. The van der Waals surface area contributed by atoms with Gasteiger partial charge in [0.1, 0.15) is 11.5 Å². The highest BCUT2D eigenvalue weighted by Gasteiger charge is 2.40. The molecule has 3 aliphatic rings. The van der Waals surface area contributed by atoms with Gasteiger partial charge in [0.2, 0.25) is 0 Å². The summed E-state index contributed by atoms with van der Waals surface area (Å²) >= 11 is 0. The summed E-state index contributed by atoms with van der Waals surface area (Å²) in [5.74, 6) is -0.0343. The first-order chi connectivity index (χ1) is 18.2. The molecule has 1 amide bonds. The second-order valence-electron chi connectivity index (χ2n) is 9.84. The zero-order valence-electron chi connectivity index (χ0n) is 21.5. The topological polar surface area (TPSA) is 89.1 Å². The molecule has 1 N–H and O–H groups in total. The molecule has 12 heteroatoms. The molecular weight excluding hydrogens is 503 g/mol. The number of ether oxygens (including phenoxy) is 3. The van der Waals surface area contributed by atoms with E-state index in [1.165, 1.54) is 19.2 Å². The number of benzene rings is 1. The summed E-state index contributed by atoms with van der Waals surface area (Å²) in [6.45, 7) is 5.77. The second-order valence-corrected chi connectivity index (χ2v) is 9.84. The molecular formula is C26H32F3N5O4. The monoisotopic (exact) mass is 535 g/mol. The Morgan fingerprint density at radius 2 is 1.92 bits per heavy atom. The predicted octanol–water partition coefficient (Wildman–Crippen LogP) is 3.65. The molecule has 0 unspecified atom stereocenters. The van der Waals surface area contributed by atoms with Crippen LogP contribution in [0.15, 0.2) is 24.3 Å². The van der Waals surface area contributed by atoms with Crippen LogP contribution in [0, 0.1) is 6.92 Å². The molecule has 2 aromatic rings. The highest BCUT2D eigenvalue weighted by molar-refractivity contribution is 5.95. The van der Waals surface area contributed by atoms with Crippen LogP contribution >= 0.6 is 0 Å². The van der Waals surface area contributed by atoms with Gasteiger partial charge in [-0.3, -0.25) is 9.69 Å². The first-order valence-electron chi connectivity index (χ1n) is 12.9. The van der Waals surface area contributed by atoms with E-state index in [1.54, 1.807) is 11.8 Å². The normalized spacial score (nSPS) is 23.1. The molecule has 1 aromatic carbocycles. The third kappa shape index (κ3) is 5.57. The van der Waals surface area contributed by atoms with E-state index in [2.05, 4.69) is 20.2 Å². The third-order valence-corrected chi connectivity index (χ3v) is 7.56. The molecule has 206 valence electrons. The Morgan fingerprint density at radius 1 is 1.13 bits per heavy atom. The molecule has 2 atom stereocenters. The van der Waals surface area contributed by atoms with Gasteiger partial charge in [-0.15, -0.1) is 0 Å². The molecule has 3 saturated heterocycles. The van der Waals surface area contributed by atoms with E-state index < -0.39 is 11.7 Å². The number of carbonyl (C=O) groups excluding carboxylic acids is 1. The number of methoxy groups -OCH3 is 1. The Bertz CT molecular complexity index is 1150. The number of nitrogens with one attached hydrogen (secondary N) is 1. The Morgan fingerprint density at radius 3 is 2.66 bits per heavy atom. The maximum absolute atomic E-state index is 13.5. The maximum Gasteiger partial charge on any atom is 0.416 e. The number of anilines is 2. The van der Waals surface area contributed by atoms with Crippen LogP contribution in [0.4, 0.5) is 24.7 Å². The fourth-order valence-corrected chi connectivity index (χ4v) is 5.55. The van der Waals surface area contributed by atoms with Crippen LogP contribution in [0.2, 0.25) is 0 Å². The van der Waals surface area contributed by atoms with E-state index in [1.807, 2.05) is 0 Å². The molecule has 0 aliphatic carbocycles. The van der Waals surface area contributed by atoms with Crippen molar-refractivity contribution in [1.29, 1.82) is 0 Å². The van der Waals surface area contributed by atoms with Gasteiger partial charge in [-0.1, -0.05) is 6.07 Å². The summed E-state index contributed by atoms with van der Waals surface area (Å²) in [4.78, 5) is 26.4. The standard InChI is InChI=1S/C26H32F3N5O4/c1-16-22(31-25(36-2)32-23(16)30-18-5-3-4-17(14-18)26(27,28)29)24(35)33-9-6-19(7-10-33)34-11-13-38-21-15-37-12-8-20(21)34/h3-5,14,19-21H,6-13,15H2,1-2H3,(H,30,31,32)/t20-,21+/m1/s1. The molecule has 0 bridgehead atoms. The number of halogens is 3. The lowest BCUT2D eigenvalue weighted by atomic mass is 9.95. The van der Waals surface area contributed by atoms with Gasteiger partial charge in [-0.2, -0.15) is 23.1 Å². The largest absolute Gasteiger partial charge is 0.467 e. The molecule has 3 fully saturated rings. The highest BCUT2D eigenvalue weighted by Crippen LogP contribution is 2.33. The lowest BCUT2D eigenvalue weighted by molar-refractivity contribution is -0.148. The number of likely N-dealkylation sites (tertiary alicyclic amines) is 1. The summed E-state index contributed by atoms with van der Waals surface area (Å²) in [6, 6.07) is 5.49. The average Bonchev–Trinajstić information content (AvgIpc) is 2.93. The van der Waals surface area contributed by atoms with Crippen LogP contribution in [-0.2, 0) is 15.7 Å². The zero-order valence-corrected chi connectivity index (χ0v) is 21.5. The highest BCUT2D eigenvalue weighted by atomic mass is 19.4. The molecule has 0 radical (unpaired) electrons. The van der Waals surface area contributed by atoms with Crippen molar-refractivity contribution in [2.45, 2.75) is 50.6 Å². The first kappa shape index (κ1) is 26.6. The number of aromatic nitrogens is 2. The number of nitrogens with zero attached hydrogens (tertiary/aromatic N) is 4. The molecule has 0 saturated carbocycles. The summed E-state index contributed by atoms with van der Waals surface area (Å²) in [5.41, 5.74) is 0.0155. The van der Waals surface area contributed by atoms with E-state index in [-0.39, 0.29) is 35.2 Å². The minimum Gasteiger partial charge on any atom is -0.467 e. The number of alkyl halides is 3. The fraction of sp³-hybridized carbons (Fsp3) is 0.577. The number of carbonyl (C=O) groups is 1. The van der Waals surface area contributed by atoms with Crippen molar-refractivity contribution >= 4 is 17.4 Å². The number of amides is 1. The van der Waals surface area contributed by atoms with E-state index in [0.29, 0.717) is 44.0 Å². The summed E-state index contributed by atoms with van der Waals surface area (Å²) < 4.78 is 56.2. The third-order valence-electron chi connectivity index (χ3n) is 7.56. The van der Waals surface area contributed by atoms with Gasteiger partial charge in [0.15, 0.2) is 0 Å². The van der Waals surface area contributed by atoms with E-state index in [9.17, 15) is 18.0 Å². The Hall–Kier alpha value is -2.96. The predicted molar refractivity (Wildman–Crippen MR) is 133 cm³/mol. The SMILES string of the molecule is COc1nc(Nc2cccc(C(F)(F)F)c2)c(C)c(C(=O)N2CCC(N3CCO[C@H]4COCC[C@H]43)CC2)n1. The van der Waals surface area contributed by atoms with Crippen LogP contribution < -0.4 is 10.1 Å². The van der Waals surface area contributed by atoms with Gasteiger partial charge in [0.05, 0.1) is 32.0 Å². The first-order valence-corrected chi connectivity index (χ1v) is 12.9. The molecule has 3 aliphatic heterocycles. The molecule has 0 spiro atoms. The Labute approximate surface area is 219 Å². The van der Waals surface area contributed by atoms with Crippen molar-refractivity contribution in [3.8, 4) is 6.01 Å². The smallest absolute Gasteiger partial charge is 0.416 e. The van der Waals surface area contributed by atoms with Gasteiger partial charge >= 0.3 is 12.2 Å². The quantitative estimate of drug-likeness (QED) is 0.621. The molecule has 9 nitrogen and oxygen atoms in total. The van der Waals surface area contributed by atoms with Crippen LogP contribution in [0.3, 0.4) is 0 Å². The van der Waals surface area contributed by atoms with E-state index >= 15 is 0 Å². The van der Waals surface area contributed by atoms with Crippen molar-refractivity contribution in [3.63, 3.8) is 0 Å². The number of morpholine rings is 1. The number of hydrogen-bond donors (Lipinski definition) is 1. The van der Waals surface area contributed by atoms with Crippen molar-refractivity contribution in [2.75, 3.05) is 51.9 Å². The minimum atomic E-state index is -4.48. The number of rotatable bonds is 5. The van der Waals surface area contributed by atoms with Gasteiger partial charge in [-0.05, 0) is 44.4 Å². The lowest BCUT2D eigenvalue weighted by Gasteiger charge is -2.49. The van der Waals surface area contributed by atoms with Gasteiger partial charge in [-0.25, -0.2) is 0 Å². The molecule has 4 heterocycles. The van der Waals surface area contributed by atoms with Crippen molar-refractivity contribution in [1.82, 2.24) is 19.8 Å². The number of hydrogen-bond acceptors (Lipinski definition) is 8. The molecule has 38 heavy (non-hydrogen) atoms. The Kier molecular flexibility index (Phi) is 7.73. The number of fused-ring (bicyclic) bond motifs is 1. The van der Waals surface area contributed by atoms with Gasteiger partial charge in [0.25, 0.3) is 5.91 Å². The second kappa shape index (κ2) is 11.0. The summed E-state index contributed by atoms with van der Waals surface area (Å²) in [5, 5.41) is 2.90. The molecule has 5 rings (SSSR count). The average molecular weight is 536 g/mol. The zero-order chi connectivity index (χ0) is 26.9. The van der Waals surface area contributed by atoms with Crippen molar-refractivity contribution in [2.24, 2.45) is 0 Å². The van der Waals surface area contributed by atoms with Gasteiger partial charge in [0, 0.05) is 49.6 Å². The van der Waals surface area contributed by atoms with Crippen LogP contribution in [-0.4, -0.2) is 90.4 Å². The minimum absolute atomic E-state index is 0.0396. The number of piperidine rings is 1. The molecule has 1 aromatic heterocycles. The van der Waals surface area contributed by atoms with Crippen LogP contribution in [0.1, 0.15) is 40.9 Å². The van der Waals surface area contributed by atoms with E-state index in [4.69, 9.17) is 14.2 Å². The summed E-state index contributed by atoms with van der Waals surface area (Å²) in [6.07, 6.45) is -1.74. The fourth-order valence-electron chi connectivity index (χ4n) is 5.55. The lowest BCUT2D eigenvalue weighted by Crippen LogP contribution is -2.60. The van der Waals surface area contributed by atoms with Crippen LogP contribution in [0.25, 0.3) is 0 Å². The van der Waals surface area contributed by atoms with Crippen molar-refractivity contribution < 1.29 is 32.2 Å². The van der Waals surface area contributed by atoms with Gasteiger partial charge < -0.3 is 24.4 Å². The summed E-state index contributed by atoms with van der Waals surface area (Å²) in [7, 11) is 1.38. The maximum atomic E-state index is 13.5.